The largest absolute Gasteiger partial charge is 0.477 e. The third-order valence-electron chi connectivity index (χ3n) is 2.61. The number of aromatic carboxylic acids is 1. The molecule has 0 unspecified atom stereocenters. The first-order valence-electron chi connectivity index (χ1n) is 6.17. The number of carboxylic acids is 1. The first-order valence-corrected chi connectivity index (χ1v) is 6.17. The van der Waals surface area contributed by atoms with Gasteiger partial charge in [-0.05, 0) is 13.8 Å². The Labute approximate surface area is 111 Å². The first kappa shape index (κ1) is 13.5. The lowest BCUT2D eigenvalue weighted by Gasteiger charge is -2.27. The second kappa shape index (κ2) is 5.83. The van der Waals surface area contributed by atoms with E-state index in [-0.39, 0.29) is 17.5 Å². The number of nitrogens with zero attached hydrogens (tertiary/aromatic N) is 3. The van der Waals surface area contributed by atoms with Gasteiger partial charge in [-0.25, -0.2) is 9.78 Å². The molecule has 2 rings (SSSR count). The van der Waals surface area contributed by atoms with Crippen LogP contribution in [0.1, 0.15) is 24.2 Å². The van der Waals surface area contributed by atoms with Gasteiger partial charge >= 0.3 is 5.97 Å². The van der Waals surface area contributed by atoms with Crippen LogP contribution >= 0.6 is 0 Å². The van der Waals surface area contributed by atoms with E-state index in [1.165, 1.54) is 6.20 Å². The molecule has 1 saturated heterocycles. The van der Waals surface area contributed by atoms with Crippen LogP contribution in [0.4, 0.5) is 5.95 Å². The molecular formula is C12H17N3O4. The number of hydrogen-bond acceptors (Lipinski definition) is 6. The molecule has 1 aromatic heterocycles. The van der Waals surface area contributed by atoms with Crippen LogP contribution < -0.4 is 9.64 Å². The van der Waals surface area contributed by atoms with Crippen LogP contribution in [0, 0.1) is 0 Å². The standard InChI is InChI=1S/C12H17N3O4/c1-8(2)19-10-9(11(16)17)7-13-12(14-10)15-3-5-18-6-4-15/h7-8H,3-6H2,1-2H3,(H,16,17). The summed E-state index contributed by atoms with van der Waals surface area (Å²) in [6.07, 6.45) is 1.14. The molecule has 104 valence electrons. The van der Waals surface area contributed by atoms with Crippen molar-refractivity contribution in [1.82, 2.24) is 9.97 Å². The van der Waals surface area contributed by atoms with E-state index < -0.39 is 5.97 Å². The molecule has 0 aromatic carbocycles. The van der Waals surface area contributed by atoms with Crippen molar-refractivity contribution >= 4 is 11.9 Å². The fraction of sp³-hybridized carbons (Fsp3) is 0.583. The highest BCUT2D eigenvalue weighted by atomic mass is 16.5. The van der Waals surface area contributed by atoms with Gasteiger partial charge in [-0.15, -0.1) is 0 Å². The van der Waals surface area contributed by atoms with Gasteiger partial charge in [0, 0.05) is 13.1 Å². The van der Waals surface area contributed by atoms with E-state index in [4.69, 9.17) is 14.6 Å². The van der Waals surface area contributed by atoms with Gasteiger partial charge < -0.3 is 19.5 Å². The van der Waals surface area contributed by atoms with Gasteiger partial charge in [0.15, 0.2) is 0 Å². The molecule has 1 aliphatic heterocycles. The van der Waals surface area contributed by atoms with Crippen LogP contribution in [0.25, 0.3) is 0 Å². The van der Waals surface area contributed by atoms with Gasteiger partial charge in [-0.3, -0.25) is 0 Å². The van der Waals surface area contributed by atoms with Crippen molar-refractivity contribution in [2.45, 2.75) is 20.0 Å². The predicted molar refractivity (Wildman–Crippen MR) is 67.8 cm³/mol. The fourth-order valence-electron chi connectivity index (χ4n) is 1.73. The lowest BCUT2D eigenvalue weighted by molar-refractivity contribution is 0.0688. The summed E-state index contributed by atoms with van der Waals surface area (Å²) in [6, 6.07) is 0. The lowest BCUT2D eigenvalue weighted by Crippen LogP contribution is -2.37. The summed E-state index contributed by atoms with van der Waals surface area (Å²) in [5.41, 5.74) is -0.0225. The summed E-state index contributed by atoms with van der Waals surface area (Å²) in [7, 11) is 0. The van der Waals surface area contributed by atoms with E-state index in [9.17, 15) is 4.79 Å². The second-order valence-corrected chi connectivity index (χ2v) is 4.46. The monoisotopic (exact) mass is 267 g/mol. The maximum absolute atomic E-state index is 11.1. The highest BCUT2D eigenvalue weighted by Gasteiger charge is 2.20. The Morgan fingerprint density at radius 3 is 2.74 bits per heavy atom. The van der Waals surface area contributed by atoms with Crippen LogP contribution in [0.2, 0.25) is 0 Å². The average Bonchev–Trinajstić information content (AvgIpc) is 2.38. The average molecular weight is 267 g/mol. The Morgan fingerprint density at radius 2 is 2.16 bits per heavy atom. The molecule has 0 saturated carbocycles. The van der Waals surface area contributed by atoms with Crippen molar-refractivity contribution < 1.29 is 19.4 Å². The smallest absolute Gasteiger partial charge is 0.342 e. The van der Waals surface area contributed by atoms with Gasteiger partial charge in [0.1, 0.15) is 5.56 Å². The molecule has 7 nitrogen and oxygen atoms in total. The number of hydrogen-bond donors (Lipinski definition) is 1. The highest BCUT2D eigenvalue weighted by molar-refractivity contribution is 5.89. The quantitative estimate of drug-likeness (QED) is 0.863. The molecule has 1 aromatic rings. The van der Waals surface area contributed by atoms with Crippen molar-refractivity contribution in [3.8, 4) is 5.88 Å². The van der Waals surface area contributed by atoms with E-state index in [1.807, 2.05) is 18.7 Å². The van der Waals surface area contributed by atoms with Crippen molar-refractivity contribution in [3.63, 3.8) is 0 Å². The van der Waals surface area contributed by atoms with Gasteiger partial charge in [0.2, 0.25) is 11.8 Å². The van der Waals surface area contributed by atoms with Crippen molar-refractivity contribution in [2.24, 2.45) is 0 Å². The maximum atomic E-state index is 11.1. The normalized spacial score (nSPS) is 15.6. The molecule has 0 radical (unpaired) electrons. The molecule has 0 amide bonds. The summed E-state index contributed by atoms with van der Waals surface area (Å²) in [4.78, 5) is 21.3. The minimum atomic E-state index is -1.09. The SMILES string of the molecule is CC(C)Oc1nc(N2CCOCC2)ncc1C(=O)O. The van der Waals surface area contributed by atoms with Gasteiger partial charge in [-0.2, -0.15) is 4.98 Å². The van der Waals surface area contributed by atoms with E-state index in [2.05, 4.69) is 9.97 Å². The molecule has 7 heteroatoms. The van der Waals surface area contributed by atoms with Gasteiger partial charge in [0.05, 0.1) is 25.5 Å². The van der Waals surface area contributed by atoms with Crippen LogP contribution in [0.3, 0.4) is 0 Å². The summed E-state index contributed by atoms with van der Waals surface area (Å²) >= 11 is 0. The number of rotatable bonds is 4. The van der Waals surface area contributed by atoms with Gasteiger partial charge in [0.25, 0.3) is 0 Å². The fourth-order valence-corrected chi connectivity index (χ4v) is 1.73. The predicted octanol–water partition coefficient (Wildman–Crippen LogP) is 0.799. The Bertz CT molecular complexity index is 458. The zero-order valence-electron chi connectivity index (χ0n) is 11.0. The Hall–Kier alpha value is -1.89. The van der Waals surface area contributed by atoms with E-state index in [1.54, 1.807) is 0 Å². The van der Waals surface area contributed by atoms with Gasteiger partial charge in [-0.1, -0.05) is 0 Å². The molecule has 1 N–H and O–H groups in total. The summed E-state index contributed by atoms with van der Waals surface area (Å²) in [5, 5.41) is 9.09. The maximum Gasteiger partial charge on any atom is 0.342 e. The summed E-state index contributed by atoms with van der Waals surface area (Å²) in [6.45, 7) is 6.25. The Balaban J connectivity index is 2.28. The number of anilines is 1. The third-order valence-corrected chi connectivity index (χ3v) is 2.61. The number of aromatic nitrogens is 2. The summed E-state index contributed by atoms with van der Waals surface area (Å²) in [5.74, 6) is -0.507. The topological polar surface area (TPSA) is 84.8 Å². The zero-order chi connectivity index (χ0) is 13.8. The van der Waals surface area contributed by atoms with Crippen molar-refractivity contribution in [2.75, 3.05) is 31.2 Å². The van der Waals surface area contributed by atoms with E-state index >= 15 is 0 Å². The third kappa shape index (κ3) is 3.31. The number of ether oxygens (including phenoxy) is 2. The molecular weight excluding hydrogens is 250 g/mol. The molecule has 0 spiro atoms. The number of morpholine rings is 1. The lowest BCUT2D eigenvalue weighted by atomic mass is 10.3. The first-order chi connectivity index (χ1) is 9.08. The zero-order valence-corrected chi connectivity index (χ0v) is 11.0. The Kier molecular flexibility index (Phi) is 4.16. The number of carboxylic acid groups (broad SMARTS) is 1. The molecule has 19 heavy (non-hydrogen) atoms. The minimum absolute atomic E-state index is 0.0225. The number of carbonyl (C=O) groups is 1. The molecule has 0 aliphatic carbocycles. The van der Waals surface area contributed by atoms with Crippen LogP contribution in [0.5, 0.6) is 5.88 Å². The van der Waals surface area contributed by atoms with Crippen molar-refractivity contribution in [1.29, 1.82) is 0 Å². The second-order valence-electron chi connectivity index (χ2n) is 4.46. The molecule has 0 atom stereocenters. The van der Waals surface area contributed by atoms with Crippen LogP contribution in [-0.2, 0) is 4.74 Å². The molecule has 1 aliphatic rings. The van der Waals surface area contributed by atoms with E-state index in [0.717, 1.165) is 0 Å². The molecule has 1 fully saturated rings. The minimum Gasteiger partial charge on any atom is -0.477 e. The Morgan fingerprint density at radius 1 is 1.47 bits per heavy atom. The van der Waals surface area contributed by atoms with Crippen LogP contribution in [-0.4, -0.2) is 53.5 Å². The summed E-state index contributed by atoms with van der Waals surface area (Å²) < 4.78 is 10.7. The van der Waals surface area contributed by atoms with Crippen molar-refractivity contribution in [3.05, 3.63) is 11.8 Å². The van der Waals surface area contributed by atoms with E-state index in [0.29, 0.717) is 32.3 Å². The molecule has 0 bridgehead atoms. The van der Waals surface area contributed by atoms with Crippen LogP contribution in [0.15, 0.2) is 6.20 Å². The molecule has 2 heterocycles. The highest BCUT2D eigenvalue weighted by Crippen LogP contribution is 2.20.